The van der Waals surface area contributed by atoms with Gasteiger partial charge in [-0.15, -0.1) is 0 Å². The van der Waals surface area contributed by atoms with Crippen LogP contribution in [-0.4, -0.2) is 41.9 Å². The molecule has 0 amide bonds. The number of nitrogens with zero attached hydrogens (tertiary/aromatic N) is 4. The third-order valence-electron chi connectivity index (χ3n) is 2.80. The van der Waals surface area contributed by atoms with Gasteiger partial charge in [0.2, 0.25) is 5.82 Å². The lowest BCUT2D eigenvalue weighted by atomic mass is 10.2. The summed E-state index contributed by atoms with van der Waals surface area (Å²) in [6.07, 6.45) is -3.48. The van der Waals surface area contributed by atoms with Gasteiger partial charge in [0, 0.05) is 25.9 Å². The van der Waals surface area contributed by atoms with Crippen LogP contribution in [0.2, 0.25) is 0 Å². The Labute approximate surface area is 129 Å². The lowest BCUT2D eigenvalue weighted by molar-refractivity contribution is -0.159. The Balaban J connectivity index is 2.15. The van der Waals surface area contributed by atoms with E-state index in [0.29, 0.717) is 5.69 Å². The SMILES string of the molecule is CNS(=O)(=O)N(C)Cc1ccc(-c2noc(C(F)(F)F)n2)cn1. The molecular formula is C11H12F3N5O3S. The number of hydrogen-bond acceptors (Lipinski definition) is 6. The standard InChI is InChI=1S/C11H12F3N5O3S/c1-15-23(20,21)19(2)6-8-4-3-7(5-16-8)9-17-10(22-18-9)11(12,13)14/h3-5,15H,6H2,1-2H3. The van der Waals surface area contributed by atoms with Crippen LogP contribution in [0.4, 0.5) is 13.2 Å². The maximum absolute atomic E-state index is 12.4. The van der Waals surface area contributed by atoms with Gasteiger partial charge >= 0.3 is 12.1 Å². The second-order valence-electron chi connectivity index (χ2n) is 4.42. The van der Waals surface area contributed by atoms with E-state index >= 15 is 0 Å². The van der Waals surface area contributed by atoms with Crippen molar-refractivity contribution in [3.8, 4) is 11.4 Å². The molecule has 0 saturated carbocycles. The van der Waals surface area contributed by atoms with E-state index in [1.54, 1.807) is 0 Å². The number of pyridine rings is 1. The molecule has 0 bridgehead atoms. The monoisotopic (exact) mass is 351 g/mol. The second-order valence-corrected chi connectivity index (χ2v) is 6.41. The first-order valence-corrected chi connectivity index (χ1v) is 7.58. The molecule has 0 unspecified atom stereocenters. The van der Waals surface area contributed by atoms with Crippen molar-refractivity contribution in [2.24, 2.45) is 0 Å². The zero-order valence-corrected chi connectivity index (χ0v) is 12.8. The Morgan fingerprint density at radius 1 is 1.35 bits per heavy atom. The molecule has 1 N–H and O–H groups in total. The lowest BCUT2D eigenvalue weighted by Gasteiger charge is -2.15. The van der Waals surface area contributed by atoms with Crippen LogP contribution in [-0.2, 0) is 22.9 Å². The van der Waals surface area contributed by atoms with Gasteiger partial charge in [0.25, 0.3) is 10.2 Å². The van der Waals surface area contributed by atoms with Crippen molar-refractivity contribution in [2.75, 3.05) is 14.1 Å². The molecule has 0 aliphatic heterocycles. The van der Waals surface area contributed by atoms with Gasteiger partial charge in [0.15, 0.2) is 0 Å². The largest absolute Gasteiger partial charge is 0.471 e. The zero-order valence-electron chi connectivity index (χ0n) is 12.0. The van der Waals surface area contributed by atoms with Gasteiger partial charge in [-0.05, 0) is 12.1 Å². The second kappa shape index (κ2) is 6.22. The lowest BCUT2D eigenvalue weighted by Crippen LogP contribution is -2.35. The summed E-state index contributed by atoms with van der Waals surface area (Å²) in [6, 6.07) is 2.88. The number of rotatable bonds is 5. The molecule has 2 aromatic rings. The first-order valence-electron chi connectivity index (χ1n) is 6.14. The van der Waals surface area contributed by atoms with Gasteiger partial charge in [-0.2, -0.15) is 30.9 Å². The summed E-state index contributed by atoms with van der Waals surface area (Å²) in [5.41, 5.74) is 0.613. The van der Waals surface area contributed by atoms with Gasteiger partial charge in [0.1, 0.15) is 0 Å². The minimum Gasteiger partial charge on any atom is -0.329 e. The molecule has 2 heterocycles. The van der Waals surface area contributed by atoms with Crippen LogP contribution in [0.5, 0.6) is 0 Å². The quantitative estimate of drug-likeness (QED) is 0.864. The average molecular weight is 351 g/mol. The van der Waals surface area contributed by atoms with Crippen LogP contribution in [0.3, 0.4) is 0 Å². The van der Waals surface area contributed by atoms with E-state index in [1.165, 1.54) is 32.4 Å². The van der Waals surface area contributed by atoms with Gasteiger partial charge < -0.3 is 4.52 Å². The Hall–Kier alpha value is -2.05. The van der Waals surface area contributed by atoms with Crippen LogP contribution >= 0.6 is 0 Å². The van der Waals surface area contributed by atoms with Crippen LogP contribution in [0.15, 0.2) is 22.9 Å². The van der Waals surface area contributed by atoms with E-state index < -0.39 is 22.3 Å². The van der Waals surface area contributed by atoms with Crippen LogP contribution in [0, 0.1) is 0 Å². The fourth-order valence-corrected chi connectivity index (χ4v) is 2.19. The Morgan fingerprint density at radius 3 is 2.52 bits per heavy atom. The smallest absolute Gasteiger partial charge is 0.329 e. The first-order chi connectivity index (χ1) is 10.6. The molecule has 0 aromatic carbocycles. The molecule has 0 spiro atoms. The van der Waals surface area contributed by atoms with Crippen LogP contribution < -0.4 is 4.72 Å². The fraction of sp³-hybridized carbons (Fsp3) is 0.364. The molecule has 2 rings (SSSR count). The molecule has 12 heteroatoms. The van der Waals surface area contributed by atoms with Crippen LogP contribution in [0.1, 0.15) is 11.6 Å². The van der Waals surface area contributed by atoms with Crippen molar-refractivity contribution in [3.63, 3.8) is 0 Å². The summed E-state index contributed by atoms with van der Waals surface area (Å²) in [5.74, 6) is -1.70. The molecular weight excluding hydrogens is 339 g/mol. The van der Waals surface area contributed by atoms with Crippen molar-refractivity contribution < 1.29 is 26.1 Å². The predicted octanol–water partition coefficient (Wildman–Crippen LogP) is 1.05. The maximum atomic E-state index is 12.4. The molecule has 23 heavy (non-hydrogen) atoms. The minimum absolute atomic E-state index is 0.0104. The normalized spacial score (nSPS) is 12.8. The summed E-state index contributed by atoms with van der Waals surface area (Å²) in [7, 11) is -0.961. The molecule has 0 aliphatic carbocycles. The van der Waals surface area contributed by atoms with Gasteiger partial charge in [-0.1, -0.05) is 5.16 Å². The summed E-state index contributed by atoms with van der Waals surface area (Å²) >= 11 is 0. The Morgan fingerprint density at radius 2 is 2.04 bits per heavy atom. The average Bonchev–Trinajstić information content (AvgIpc) is 2.98. The van der Waals surface area contributed by atoms with Crippen LogP contribution in [0.25, 0.3) is 11.4 Å². The molecule has 0 radical (unpaired) electrons. The number of hydrogen-bond donors (Lipinski definition) is 1. The van der Waals surface area contributed by atoms with Crippen molar-refractivity contribution in [3.05, 3.63) is 29.9 Å². The molecule has 0 fully saturated rings. The summed E-state index contributed by atoms with van der Waals surface area (Å²) in [6.45, 7) is -0.0104. The highest BCUT2D eigenvalue weighted by Crippen LogP contribution is 2.29. The molecule has 2 aromatic heterocycles. The minimum atomic E-state index is -4.72. The van der Waals surface area contributed by atoms with E-state index in [2.05, 4.69) is 24.4 Å². The van der Waals surface area contributed by atoms with E-state index in [4.69, 9.17) is 0 Å². The van der Waals surface area contributed by atoms with Crippen molar-refractivity contribution in [1.82, 2.24) is 24.2 Å². The van der Waals surface area contributed by atoms with Gasteiger partial charge in [0.05, 0.1) is 12.2 Å². The Bertz CT molecular complexity index is 773. The van der Waals surface area contributed by atoms with Crippen molar-refractivity contribution >= 4 is 10.2 Å². The maximum Gasteiger partial charge on any atom is 0.471 e. The molecule has 8 nitrogen and oxygen atoms in total. The van der Waals surface area contributed by atoms with Crippen molar-refractivity contribution in [1.29, 1.82) is 0 Å². The van der Waals surface area contributed by atoms with E-state index in [0.717, 1.165) is 4.31 Å². The van der Waals surface area contributed by atoms with Crippen molar-refractivity contribution in [2.45, 2.75) is 12.7 Å². The van der Waals surface area contributed by atoms with E-state index in [1.807, 2.05) is 0 Å². The van der Waals surface area contributed by atoms with E-state index in [-0.39, 0.29) is 17.9 Å². The fourth-order valence-electron chi connectivity index (χ4n) is 1.58. The van der Waals surface area contributed by atoms with Gasteiger partial charge in [-0.3, -0.25) is 4.98 Å². The summed E-state index contributed by atoms with van der Waals surface area (Å²) < 4.78 is 67.6. The number of aromatic nitrogens is 3. The third-order valence-corrected chi connectivity index (χ3v) is 4.27. The number of nitrogens with one attached hydrogen (secondary N) is 1. The number of halogens is 3. The summed E-state index contributed by atoms with van der Waals surface area (Å²) in [5, 5.41) is 3.23. The topological polar surface area (TPSA) is 101 Å². The Kier molecular flexibility index (Phi) is 4.68. The molecule has 126 valence electrons. The third kappa shape index (κ3) is 4.03. The van der Waals surface area contributed by atoms with Gasteiger partial charge in [-0.25, -0.2) is 4.72 Å². The number of alkyl halides is 3. The molecule has 0 atom stereocenters. The van der Waals surface area contributed by atoms with E-state index in [9.17, 15) is 21.6 Å². The highest BCUT2D eigenvalue weighted by molar-refractivity contribution is 7.87. The first kappa shape index (κ1) is 17.3. The highest BCUT2D eigenvalue weighted by atomic mass is 32.2. The zero-order chi connectivity index (χ0) is 17.3. The predicted molar refractivity (Wildman–Crippen MR) is 72.0 cm³/mol. The molecule has 0 saturated heterocycles. The highest BCUT2D eigenvalue weighted by Gasteiger charge is 2.38. The molecule has 0 aliphatic rings. The summed E-state index contributed by atoms with van der Waals surface area (Å²) in [4.78, 5) is 7.21.